The predicted octanol–water partition coefficient (Wildman–Crippen LogP) is 4.24. The van der Waals surface area contributed by atoms with Crippen molar-refractivity contribution in [1.29, 1.82) is 0 Å². The molecule has 3 rings (SSSR count). The number of anilines is 1. The number of carbonyl (C=O) groups excluding carboxylic acids is 2. The predicted molar refractivity (Wildman–Crippen MR) is 107 cm³/mol. The van der Waals surface area contributed by atoms with E-state index in [1.807, 2.05) is 11.5 Å². The van der Waals surface area contributed by atoms with E-state index in [9.17, 15) is 18.4 Å². The van der Waals surface area contributed by atoms with E-state index in [4.69, 9.17) is 4.74 Å². The van der Waals surface area contributed by atoms with E-state index in [1.54, 1.807) is 25.1 Å². The number of nitrogens with zero attached hydrogens (tertiary/aromatic N) is 2. The molecule has 2 aromatic carbocycles. The van der Waals surface area contributed by atoms with Gasteiger partial charge >= 0.3 is 5.97 Å². The van der Waals surface area contributed by atoms with Crippen LogP contribution in [0.2, 0.25) is 0 Å². The van der Waals surface area contributed by atoms with Crippen molar-refractivity contribution >= 4 is 40.4 Å². The van der Waals surface area contributed by atoms with Gasteiger partial charge in [-0.1, -0.05) is 11.8 Å². The van der Waals surface area contributed by atoms with Crippen molar-refractivity contribution in [2.24, 2.45) is 0 Å². The molecular formula is C20H19F2N3O3S. The number of nitrogens with one attached hydrogen (secondary N) is 1. The number of benzene rings is 2. The molecule has 0 saturated carbocycles. The summed E-state index contributed by atoms with van der Waals surface area (Å²) in [6.45, 7) is 4.56. The van der Waals surface area contributed by atoms with E-state index in [1.165, 1.54) is 11.8 Å². The second-order valence-electron chi connectivity index (χ2n) is 6.02. The number of hydrogen-bond donors (Lipinski definition) is 1. The second-order valence-corrected chi connectivity index (χ2v) is 6.97. The van der Waals surface area contributed by atoms with Gasteiger partial charge in [0.1, 0.15) is 11.6 Å². The van der Waals surface area contributed by atoms with Crippen molar-refractivity contribution in [1.82, 2.24) is 9.55 Å². The van der Waals surface area contributed by atoms with Gasteiger partial charge in [0.05, 0.1) is 34.6 Å². The molecule has 0 spiro atoms. The minimum absolute atomic E-state index is 0.0377. The monoisotopic (exact) mass is 419 g/mol. The molecule has 6 nitrogen and oxygen atoms in total. The van der Waals surface area contributed by atoms with Crippen LogP contribution in [0.1, 0.15) is 24.2 Å². The van der Waals surface area contributed by atoms with Crippen molar-refractivity contribution in [3.63, 3.8) is 0 Å². The minimum atomic E-state index is -0.711. The summed E-state index contributed by atoms with van der Waals surface area (Å²) in [5.74, 6) is -2.30. The van der Waals surface area contributed by atoms with Crippen molar-refractivity contribution < 1.29 is 23.1 Å². The summed E-state index contributed by atoms with van der Waals surface area (Å²) in [6.07, 6.45) is 0. The molecule has 0 fully saturated rings. The van der Waals surface area contributed by atoms with Gasteiger partial charge in [0.15, 0.2) is 5.16 Å². The summed E-state index contributed by atoms with van der Waals surface area (Å²) >= 11 is 1.17. The number of fused-ring (bicyclic) bond motifs is 1. The number of halogens is 2. The molecule has 0 aliphatic heterocycles. The molecule has 0 aliphatic carbocycles. The van der Waals surface area contributed by atoms with Gasteiger partial charge in [0.25, 0.3) is 0 Å². The van der Waals surface area contributed by atoms with Gasteiger partial charge in [0, 0.05) is 12.6 Å². The van der Waals surface area contributed by atoms with E-state index in [2.05, 4.69) is 10.3 Å². The fourth-order valence-corrected chi connectivity index (χ4v) is 3.65. The van der Waals surface area contributed by atoms with Gasteiger partial charge in [-0.15, -0.1) is 0 Å². The molecule has 0 bridgehead atoms. The first-order valence-electron chi connectivity index (χ1n) is 8.98. The first-order valence-corrected chi connectivity index (χ1v) is 9.96. The zero-order valence-corrected chi connectivity index (χ0v) is 16.7. The Morgan fingerprint density at radius 1 is 1.17 bits per heavy atom. The first-order chi connectivity index (χ1) is 13.9. The Balaban J connectivity index is 1.76. The average molecular weight is 419 g/mol. The molecule has 3 aromatic rings. The Labute approximate surface area is 170 Å². The smallest absolute Gasteiger partial charge is 0.338 e. The van der Waals surface area contributed by atoms with Crippen LogP contribution in [0.5, 0.6) is 0 Å². The third-order valence-electron chi connectivity index (χ3n) is 4.08. The van der Waals surface area contributed by atoms with Crippen LogP contribution in [0.25, 0.3) is 11.0 Å². The fourth-order valence-electron chi connectivity index (χ4n) is 2.77. The summed E-state index contributed by atoms with van der Waals surface area (Å²) in [5.41, 5.74) is 1.62. The molecule has 1 heterocycles. The van der Waals surface area contributed by atoms with Crippen LogP contribution in [0.3, 0.4) is 0 Å². The standard InChI is InChI=1S/C20H19F2N3O3S/c1-3-25-17-8-5-12(19(27)28-4-2)9-16(17)24-20(25)29-11-18(26)23-15-10-13(21)6-7-14(15)22/h5-10H,3-4,11H2,1-2H3,(H,23,26). The number of amides is 1. The van der Waals surface area contributed by atoms with Gasteiger partial charge in [-0.2, -0.15) is 0 Å². The molecule has 0 aliphatic rings. The minimum Gasteiger partial charge on any atom is -0.462 e. The number of aromatic nitrogens is 2. The van der Waals surface area contributed by atoms with Gasteiger partial charge in [0.2, 0.25) is 5.91 Å². The molecule has 1 N–H and O–H groups in total. The number of aryl methyl sites for hydroxylation is 1. The van der Waals surface area contributed by atoms with Crippen LogP contribution in [0.4, 0.5) is 14.5 Å². The normalized spacial score (nSPS) is 10.9. The zero-order valence-electron chi connectivity index (χ0n) is 15.9. The maximum Gasteiger partial charge on any atom is 0.338 e. The van der Waals surface area contributed by atoms with Crippen molar-refractivity contribution in [3.8, 4) is 0 Å². The Kier molecular flexibility index (Phi) is 6.48. The number of rotatable bonds is 7. The number of ether oxygens (including phenoxy) is 1. The number of esters is 1. The van der Waals surface area contributed by atoms with Crippen molar-refractivity contribution in [3.05, 3.63) is 53.6 Å². The lowest BCUT2D eigenvalue weighted by molar-refractivity contribution is -0.113. The molecule has 0 radical (unpaired) electrons. The van der Waals surface area contributed by atoms with Crippen LogP contribution in [-0.4, -0.2) is 33.8 Å². The first kappa shape index (κ1) is 20.8. The number of hydrogen-bond acceptors (Lipinski definition) is 5. The number of imidazole rings is 1. The third kappa shape index (κ3) is 4.73. The molecule has 152 valence electrons. The highest BCUT2D eigenvalue weighted by molar-refractivity contribution is 7.99. The largest absolute Gasteiger partial charge is 0.462 e. The van der Waals surface area contributed by atoms with E-state index < -0.39 is 23.5 Å². The Morgan fingerprint density at radius 2 is 1.97 bits per heavy atom. The molecule has 9 heteroatoms. The molecule has 0 saturated heterocycles. The molecule has 1 aromatic heterocycles. The summed E-state index contributed by atoms with van der Waals surface area (Å²) < 4.78 is 33.8. The molecule has 1 amide bonds. The molecular weight excluding hydrogens is 400 g/mol. The number of thioether (sulfide) groups is 1. The van der Waals surface area contributed by atoms with Crippen molar-refractivity contribution in [2.75, 3.05) is 17.7 Å². The average Bonchev–Trinajstić information content (AvgIpc) is 3.06. The Hall–Kier alpha value is -2.94. The Bertz CT molecular complexity index is 1070. The highest BCUT2D eigenvalue weighted by Gasteiger charge is 2.16. The lowest BCUT2D eigenvalue weighted by Gasteiger charge is -2.08. The van der Waals surface area contributed by atoms with Gasteiger partial charge in [-0.05, 0) is 44.2 Å². The van der Waals surface area contributed by atoms with E-state index in [-0.39, 0.29) is 18.0 Å². The zero-order chi connectivity index (χ0) is 21.0. The fraction of sp³-hybridized carbons (Fsp3) is 0.250. The van der Waals surface area contributed by atoms with Crippen LogP contribution in [0, 0.1) is 11.6 Å². The maximum atomic E-state index is 13.7. The SMILES string of the molecule is CCOC(=O)c1ccc2c(c1)nc(SCC(=O)Nc1cc(F)ccc1F)n2CC. The van der Waals surface area contributed by atoms with E-state index in [0.717, 1.165) is 23.7 Å². The lowest BCUT2D eigenvalue weighted by atomic mass is 10.2. The molecule has 0 atom stereocenters. The third-order valence-corrected chi connectivity index (χ3v) is 5.05. The van der Waals surface area contributed by atoms with Gasteiger partial charge in [-0.25, -0.2) is 18.6 Å². The molecule has 29 heavy (non-hydrogen) atoms. The van der Waals surface area contributed by atoms with Crippen LogP contribution in [-0.2, 0) is 16.1 Å². The lowest BCUT2D eigenvalue weighted by Crippen LogP contribution is -2.15. The second kappa shape index (κ2) is 9.04. The van der Waals surface area contributed by atoms with Crippen LogP contribution < -0.4 is 5.32 Å². The van der Waals surface area contributed by atoms with Gasteiger partial charge in [-0.3, -0.25) is 4.79 Å². The summed E-state index contributed by atoms with van der Waals surface area (Å²) in [4.78, 5) is 28.6. The van der Waals surface area contributed by atoms with Crippen LogP contribution >= 0.6 is 11.8 Å². The highest BCUT2D eigenvalue weighted by Crippen LogP contribution is 2.25. The summed E-state index contributed by atoms with van der Waals surface area (Å²) in [6, 6.07) is 7.96. The topological polar surface area (TPSA) is 73.2 Å². The van der Waals surface area contributed by atoms with Gasteiger partial charge < -0.3 is 14.6 Å². The highest BCUT2D eigenvalue weighted by atomic mass is 32.2. The Morgan fingerprint density at radius 3 is 2.69 bits per heavy atom. The maximum absolute atomic E-state index is 13.7. The quantitative estimate of drug-likeness (QED) is 0.458. The summed E-state index contributed by atoms with van der Waals surface area (Å²) in [5, 5.41) is 2.94. The molecule has 0 unspecified atom stereocenters. The van der Waals surface area contributed by atoms with E-state index >= 15 is 0 Å². The summed E-state index contributed by atoms with van der Waals surface area (Å²) in [7, 11) is 0. The van der Waals surface area contributed by atoms with Crippen molar-refractivity contribution in [2.45, 2.75) is 25.5 Å². The van der Waals surface area contributed by atoms with Crippen LogP contribution in [0.15, 0.2) is 41.6 Å². The van der Waals surface area contributed by atoms with E-state index in [0.29, 0.717) is 22.8 Å². The number of carbonyl (C=O) groups is 2.